The lowest BCUT2D eigenvalue weighted by Crippen LogP contribution is -2.19. The van der Waals surface area contributed by atoms with Gasteiger partial charge in [0.15, 0.2) is 0 Å². The predicted molar refractivity (Wildman–Crippen MR) is 91.9 cm³/mol. The van der Waals surface area contributed by atoms with Gasteiger partial charge in [-0.1, -0.05) is 42.5 Å². The molecule has 4 rings (SSSR count). The Morgan fingerprint density at radius 2 is 1.74 bits per heavy atom. The molecule has 0 N–H and O–H groups in total. The van der Waals surface area contributed by atoms with Gasteiger partial charge in [0.2, 0.25) is 5.88 Å². The van der Waals surface area contributed by atoms with Crippen molar-refractivity contribution in [1.29, 1.82) is 0 Å². The van der Waals surface area contributed by atoms with Crippen LogP contribution < -0.4 is 9.64 Å². The highest BCUT2D eigenvalue weighted by Gasteiger charge is 2.18. The van der Waals surface area contributed by atoms with Crippen LogP contribution >= 0.6 is 0 Å². The number of fused-ring (bicyclic) bond motifs is 1. The van der Waals surface area contributed by atoms with E-state index < -0.39 is 0 Å². The summed E-state index contributed by atoms with van der Waals surface area (Å²) in [4.78, 5) is 6.83. The number of anilines is 1. The van der Waals surface area contributed by atoms with Crippen molar-refractivity contribution in [2.75, 3.05) is 11.4 Å². The van der Waals surface area contributed by atoms with Crippen molar-refractivity contribution < 1.29 is 4.74 Å². The van der Waals surface area contributed by atoms with Crippen molar-refractivity contribution >= 4 is 5.69 Å². The van der Waals surface area contributed by atoms with E-state index in [9.17, 15) is 0 Å². The second-order valence-corrected chi connectivity index (χ2v) is 5.72. The lowest BCUT2D eigenvalue weighted by molar-refractivity contribution is 0.462. The Bertz CT molecular complexity index is 784. The average Bonchev–Trinajstić information content (AvgIpc) is 3.01. The van der Waals surface area contributed by atoms with Crippen LogP contribution in [0.5, 0.6) is 11.6 Å². The van der Waals surface area contributed by atoms with E-state index in [-0.39, 0.29) is 0 Å². The minimum atomic E-state index is 0.627. The number of hydrogen-bond donors (Lipinski definition) is 0. The van der Waals surface area contributed by atoms with E-state index in [2.05, 4.69) is 40.2 Å². The molecule has 0 bridgehead atoms. The first kappa shape index (κ1) is 13.8. The summed E-state index contributed by atoms with van der Waals surface area (Å²) in [6.07, 6.45) is 3.03. The highest BCUT2D eigenvalue weighted by Crippen LogP contribution is 2.29. The quantitative estimate of drug-likeness (QED) is 0.712. The van der Waals surface area contributed by atoms with Crippen LogP contribution in [0.4, 0.5) is 5.69 Å². The minimum absolute atomic E-state index is 0.627. The van der Waals surface area contributed by atoms with Crippen LogP contribution in [-0.2, 0) is 13.0 Å². The molecular formula is C20H18N2O. The Balaban J connectivity index is 1.45. The number of ether oxygens (including phenoxy) is 1. The molecule has 1 aliphatic rings. The minimum Gasteiger partial charge on any atom is -0.439 e. The van der Waals surface area contributed by atoms with Gasteiger partial charge in [-0.05, 0) is 35.7 Å². The molecule has 23 heavy (non-hydrogen) atoms. The molecule has 0 fully saturated rings. The summed E-state index contributed by atoms with van der Waals surface area (Å²) in [5, 5.41) is 0. The first-order valence-electron chi connectivity index (χ1n) is 7.89. The van der Waals surface area contributed by atoms with E-state index in [1.165, 1.54) is 16.8 Å². The normalized spacial score (nSPS) is 13.0. The van der Waals surface area contributed by atoms with Crippen molar-refractivity contribution in [2.24, 2.45) is 0 Å². The third kappa shape index (κ3) is 3.04. The standard InChI is InChI=1S/C20H18N2O/c1-2-7-18(8-3-1)23-20-11-10-16(14-21-20)15-22-13-12-17-6-4-5-9-19(17)22/h1-11,14H,12-13,15H2. The van der Waals surface area contributed by atoms with Crippen molar-refractivity contribution in [2.45, 2.75) is 13.0 Å². The van der Waals surface area contributed by atoms with Gasteiger partial charge in [-0.15, -0.1) is 0 Å². The van der Waals surface area contributed by atoms with Gasteiger partial charge in [0.05, 0.1) is 0 Å². The fourth-order valence-electron chi connectivity index (χ4n) is 2.97. The topological polar surface area (TPSA) is 25.4 Å². The van der Waals surface area contributed by atoms with E-state index in [0.717, 1.165) is 25.3 Å². The van der Waals surface area contributed by atoms with Gasteiger partial charge in [0.25, 0.3) is 0 Å². The maximum Gasteiger partial charge on any atom is 0.219 e. The molecule has 114 valence electrons. The first-order valence-corrected chi connectivity index (χ1v) is 7.89. The number of para-hydroxylation sites is 2. The van der Waals surface area contributed by atoms with Crippen molar-refractivity contribution in [3.63, 3.8) is 0 Å². The Morgan fingerprint density at radius 1 is 0.913 bits per heavy atom. The second kappa shape index (κ2) is 6.13. The highest BCUT2D eigenvalue weighted by molar-refractivity contribution is 5.58. The molecule has 0 amide bonds. The SMILES string of the molecule is c1ccc(Oc2ccc(CN3CCc4ccccc43)cn2)cc1. The molecule has 3 nitrogen and oxygen atoms in total. The lowest BCUT2D eigenvalue weighted by Gasteiger charge is -2.19. The Labute approximate surface area is 136 Å². The zero-order valence-electron chi connectivity index (χ0n) is 12.9. The van der Waals surface area contributed by atoms with Crippen LogP contribution in [0.2, 0.25) is 0 Å². The molecule has 1 aromatic heterocycles. The molecule has 1 aliphatic heterocycles. The molecule has 0 atom stereocenters. The largest absolute Gasteiger partial charge is 0.439 e. The van der Waals surface area contributed by atoms with Crippen LogP contribution in [0.25, 0.3) is 0 Å². The predicted octanol–water partition coefficient (Wildman–Crippen LogP) is 4.44. The van der Waals surface area contributed by atoms with E-state index >= 15 is 0 Å². The Kier molecular flexibility index (Phi) is 3.68. The van der Waals surface area contributed by atoms with Crippen LogP contribution in [0, 0.1) is 0 Å². The third-order valence-corrected chi connectivity index (χ3v) is 4.12. The molecule has 2 aromatic carbocycles. The van der Waals surface area contributed by atoms with Crippen LogP contribution in [-0.4, -0.2) is 11.5 Å². The number of hydrogen-bond acceptors (Lipinski definition) is 3. The zero-order chi connectivity index (χ0) is 15.5. The number of benzene rings is 2. The van der Waals surface area contributed by atoms with Gasteiger partial charge >= 0.3 is 0 Å². The zero-order valence-corrected chi connectivity index (χ0v) is 12.9. The van der Waals surface area contributed by atoms with Crippen LogP contribution in [0.1, 0.15) is 11.1 Å². The summed E-state index contributed by atoms with van der Waals surface area (Å²) in [5.74, 6) is 1.43. The van der Waals surface area contributed by atoms with E-state index in [1.807, 2.05) is 42.6 Å². The molecule has 3 heteroatoms. The lowest BCUT2D eigenvalue weighted by atomic mass is 10.2. The number of aromatic nitrogens is 1. The monoisotopic (exact) mass is 302 g/mol. The molecule has 0 aliphatic carbocycles. The van der Waals surface area contributed by atoms with E-state index in [0.29, 0.717) is 5.88 Å². The molecular weight excluding hydrogens is 284 g/mol. The maximum atomic E-state index is 5.73. The van der Waals surface area contributed by atoms with E-state index in [1.54, 1.807) is 0 Å². The second-order valence-electron chi connectivity index (χ2n) is 5.72. The summed E-state index contributed by atoms with van der Waals surface area (Å²) in [6.45, 7) is 1.96. The summed E-state index contributed by atoms with van der Waals surface area (Å²) >= 11 is 0. The number of nitrogens with zero attached hydrogens (tertiary/aromatic N) is 2. The van der Waals surface area contributed by atoms with Crippen molar-refractivity contribution in [1.82, 2.24) is 4.98 Å². The van der Waals surface area contributed by atoms with E-state index in [4.69, 9.17) is 4.74 Å². The summed E-state index contributed by atoms with van der Waals surface area (Å²) in [6, 6.07) is 22.4. The maximum absolute atomic E-state index is 5.73. The molecule has 0 spiro atoms. The van der Waals surface area contributed by atoms with Crippen molar-refractivity contribution in [3.8, 4) is 11.6 Å². The summed E-state index contributed by atoms with van der Waals surface area (Å²) in [7, 11) is 0. The first-order chi connectivity index (χ1) is 11.4. The highest BCUT2D eigenvalue weighted by atomic mass is 16.5. The van der Waals surface area contributed by atoms with Crippen LogP contribution in [0.15, 0.2) is 72.9 Å². The Hall–Kier alpha value is -2.81. The number of pyridine rings is 1. The van der Waals surface area contributed by atoms with Gasteiger partial charge in [0, 0.05) is 31.0 Å². The van der Waals surface area contributed by atoms with Crippen LogP contribution in [0.3, 0.4) is 0 Å². The van der Waals surface area contributed by atoms with Gasteiger partial charge in [-0.25, -0.2) is 4.98 Å². The molecule has 0 radical (unpaired) electrons. The molecule has 2 heterocycles. The fourth-order valence-corrected chi connectivity index (χ4v) is 2.97. The summed E-state index contributed by atoms with van der Waals surface area (Å²) < 4.78 is 5.73. The van der Waals surface area contributed by atoms with Gasteiger partial charge < -0.3 is 9.64 Å². The Morgan fingerprint density at radius 3 is 2.57 bits per heavy atom. The fraction of sp³-hybridized carbons (Fsp3) is 0.150. The molecule has 0 saturated heterocycles. The van der Waals surface area contributed by atoms with Gasteiger partial charge in [-0.3, -0.25) is 0 Å². The summed E-state index contributed by atoms with van der Waals surface area (Å²) in [5.41, 5.74) is 3.98. The van der Waals surface area contributed by atoms with Gasteiger partial charge in [-0.2, -0.15) is 0 Å². The number of rotatable bonds is 4. The molecule has 0 unspecified atom stereocenters. The van der Waals surface area contributed by atoms with Gasteiger partial charge in [0.1, 0.15) is 5.75 Å². The van der Waals surface area contributed by atoms with Crippen molar-refractivity contribution in [3.05, 3.63) is 84.1 Å². The smallest absolute Gasteiger partial charge is 0.219 e. The molecule has 3 aromatic rings. The molecule has 0 saturated carbocycles. The third-order valence-electron chi connectivity index (χ3n) is 4.12. The average molecular weight is 302 g/mol.